The number of likely N-dealkylation sites (tertiary alicyclic amines) is 1. The lowest BCUT2D eigenvalue weighted by Gasteiger charge is -2.31. The number of hydrogen-bond acceptors (Lipinski definition) is 3. The van der Waals surface area contributed by atoms with Gasteiger partial charge in [0.25, 0.3) is 11.8 Å². The molecule has 1 saturated heterocycles. The third kappa shape index (κ3) is 4.42. The lowest BCUT2D eigenvalue weighted by Crippen LogP contribution is -2.45. The highest BCUT2D eigenvalue weighted by Crippen LogP contribution is 2.17. The molecule has 138 valence electrons. The van der Waals surface area contributed by atoms with E-state index in [1.165, 1.54) is 0 Å². The molecular weight excluding hydrogens is 350 g/mol. The van der Waals surface area contributed by atoms with Crippen LogP contribution in [-0.2, 0) is 0 Å². The molecule has 2 N–H and O–H groups in total. The zero-order valence-corrected chi connectivity index (χ0v) is 15.6. The van der Waals surface area contributed by atoms with Crippen LogP contribution in [0.5, 0.6) is 0 Å². The van der Waals surface area contributed by atoms with Gasteiger partial charge in [-0.15, -0.1) is 12.4 Å². The van der Waals surface area contributed by atoms with E-state index in [0.29, 0.717) is 24.2 Å². The third-order valence-corrected chi connectivity index (χ3v) is 4.55. The number of halogens is 1. The van der Waals surface area contributed by atoms with Crippen LogP contribution in [0.2, 0.25) is 0 Å². The first-order valence-corrected chi connectivity index (χ1v) is 8.54. The Hall–Kier alpha value is -2.37. The van der Waals surface area contributed by atoms with E-state index in [-0.39, 0.29) is 30.3 Å². The molecule has 3 rings (SSSR count). The SMILES string of the molecule is CN(C(=O)c1cccc(C(=O)N2CCCC(N)C2)c1)c1ccccc1.Cl. The van der Waals surface area contributed by atoms with Gasteiger partial charge in [0.2, 0.25) is 0 Å². The first kappa shape index (κ1) is 19.9. The quantitative estimate of drug-likeness (QED) is 0.899. The molecule has 1 unspecified atom stereocenters. The largest absolute Gasteiger partial charge is 0.337 e. The number of nitrogens with two attached hydrogens (primary N) is 1. The summed E-state index contributed by atoms with van der Waals surface area (Å²) in [5.41, 5.74) is 7.81. The Balaban J connectivity index is 0.00000243. The van der Waals surface area contributed by atoms with E-state index >= 15 is 0 Å². The molecule has 2 amide bonds. The summed E-state index contributed by atoms with van der Waals surface area (Å²) < 4.78 is 0. The summed E-state index contributed by atoms with van der Waals surface area (Å²) >= 11 is 0. The molecule has 1 fully saturated rings. The Morgan fingerprint density at radius 3 is 2.46 bits per heavy atom. The predicted octanol–water partition coefficient (Wildman–Crippen LogP) is 2.95. The molecule has 5 nitrogen and oxygen atoms in total. The number of para-hydroxylation sites is 1. The Kier molecular flexibility index (Phi) is 6.77. The van der Waals surface area contributed by atoms with Gasteiger partial charge >= 0.3 is 0 Å². The number of nitrogens with zero attached hydrogens (tertiary/aromatic N) is 2. The molecule has 1 atom stereocenters. The Labute approximate surface area is 160 Å². The minimum absolute atomic E-state index is 0. The van der Waals surface area contributed by atoms with Crippen molar-refractivity contribution in [1.29, 1.82) is 0 Å². The number of anilines is 1. The molecule has 1 aliphatic heterocycles. The zero-order valence-electron chi connectivity index (χ0n) is 14.8. The van der Waals surface area contributed by atoms with E-state index in [1.54, 1.807) is 41.1 Å². The molecule has 0 radical (unpaired) electrons. The smallest absolute Gasteiger partial charge is 0.258 e. The predicted molar refractivity (Wildman–Crippen MR) is 106 cm³/mol. The zero-order chi connectivity index (χ0) is 17.8. The van der Waals surface area contributed by atoms with E-state index in [0.717, 1.165) is 18.5 Å². The Bertz CT molecular complexity index is 767. The van der Waals surface area contributed by atoms with Crippen molar-refractivity contribution in [2.75, 3.05) is 25.0 Å². The van der Waals surface area contributed by atoms with Gasteiger partial charge in [-0.25, -0.2) is 0 Å². The molecule has 2 aromatic rings. The fourth-order valence-corrected chi connectivity index (χ4v) is 3.12. The lowest BCUT2D eigenvalue weighted by molar-refractivity contribution is 0.0709. The van der Waals surface area contributed by atoms with Crippen LogP contribution in [0.4, 0.5) is 5.69 Å². The molecule has 2 aromatic carbocycles. The summed E-state index contributed by atoms with van der Waals surface area (Å²) in [4.78, 5) is 28.8. The van der Waals surface area contributed by atoms with Gasteiger partial charge in [-0.1, -0.05) is 24.3 Å². The number of benzene rings is 2. The van der Waals surface area contributed by atoms with Crippen LogP contribution in [0.25, 0.3) is 0 Å². The lowest BCUT2D eigenvalue weighted by atomic mass is 10.0. The molecule has 26 heavy (non-hydrogen) atoms. The van der Waals surface area contributed by atoms with Crippen molar-refractivity contribution in [2.45, 2.75) is 18.9 Å². The fourth-order valence-electron chi connectivity index (χ4n) is 3.12. The normalized spacial score (nSPS) is 16.5. The van der Waals surface area contributed by atoms with Crippen LogP contribution in [-0.4, -0.2) is 42.9 Å². The maximum atomic E-state index is 12.7. The van der Waals surface area contributed by atoms with Crippen LogP contribution < -0.4 is 10.6 Å². The highest BCUT2D eigenvalue weighted by atomic mass is 35.5. The average molecular weight is 374 g/mol. The topological polar surface area (TPSA) is 66.6 Å². The maximum absolute atomic E-state index is 12.7. The van der Waals surface area contributed by atoms with Gasteiger partial charge in [0, 0.05) is 43.0 Å². The van der Waals surface area contributed by atoms with Crippen molar-refractivity contribution in [3.05, 3.63) is 65.7 Å². The van der Waals surface area contributed by atoms with Crippen molar-refractivity contribution in [3.63, 3.8) is 0 Å². The number of amides is 2. The summed E-state index contributed by atoms with van der Waals surface area (Å²) in [7, 11) is 1.73. The second kappa shape index (κ2) is 8.83. The van der Waals surface area contributed by atoms with Crippen LogP contribution in [0.15, 0.2) is 54.6 Å². The molecule has 0 bridgehead atoms. The van der Waals surface area contributed by atoms with Gasteiger partial charge in [-0.2, -0.15) is 0 Å². The molecule has 0 saturated carbocycles. The van der Waals surface area contributed by atoms with Crippen molar-refractivity contribution < 1.29 is 9.59 Å². The highest BCUT2D eigenvalue weighted by Gasteiger charge is 2.23. The van der Waals surface area contributed by atoms with E-state index < -0.39 is 0 Å². The van der Waals surface area contributed by atoms with Crippen LogP contribution in [0.1, 0.15) is 33.6 Å². The Morgan fingerprint density at radius 2 is 1.77 bits per heavy atom. The van der Waals surface area contributed by atoms with Crippen LogP contribution >= 0.6 is 12.4 Å². The highest BCUT2D eigenvalue weighted by molar-refractivity contribution is 6.07. The third-order valence-electron chi connectivity index (χ3n) is 4.55. The van der Waals surface area contributed by atoms with Crippen molar-refractivity contribution in [1.82, 2.24) is 4.90 Å². The maximum Gasteiger partial charge on any atom is 0.258 e. The number of piperidine rings is 1. The summed E-state index contributed by atoms with van der Waals surface area (Å²) in [6, 6.07) is 16.4. The standard InChI is InChI=1S/C20H23N3O2.ClH/c1-22(18-10-3-2-4-11-18)19(24)15-7-5-8-16(13-15)20(25)23-12-6-9-17(21)14-23;/h2-5,7-8,10-11,13,17H,6,9,12,14,21H2,1H3;1H. The molecule has 0 aliphatic carbocycles. The molecule has 0 spiro atoms. The number of hydrogen-bond donors (Lipinski definition) is 1. The molecule has 6 heteroatoms. The van der Waals surface area contributed by atoms with Gasteiger partial charge in [0.15, 0.2) is 0 Å². The van der Waals surface area contributed by atoms with Gasteiger partial charge in [-0.3, -0.25) is 9.59 Å². The van der Waals surface area contributed by atoms with Crippen molar-refractivity contribution in [2.24, 2.45) is 5.73 Å². The van der Waals surface area contributed by atoms with Gasteiger partial charge in [-0.05, 0) is 43.2 Å². The van der Waals surface area contributed by atoms with E-state index in [9.17, 15) is 9.59 Å². The summed E-state index contributed by atoms with van der Waals surface area (Å²) in [5.74, 6) is -0.205. The van der Waals surface area contributed by atoms with Gasteiger partial charge in [0.05, 0.1) is 0 Å². The summed E-state index contributed by atoms with van der Waals surface area (Å²) in [6.07, 6.45) is 1.87. The minimum Gasteiger partial charge on any atom is -0.337 e. The van der Waals surface area contributed by atoms with Gasteiger partial charge < -0.3 is 15.5 Å². The second-order valence-electron chi connectivity index (χ2n) is 6.43. The summed E-state index contributed by atoms with van der Waals surface area (Å²) in [5, 5.41) is 0. The summed E-state index contributed by atoms with van der Waals surface area (Å²) in [6.45, 7) is 1.29. The molecule has 1 heterocycles. The van der Waals surface area contributed by atoms with E-state index in [1.807, 2.05) is 30.3 Å². The van der Waals surface area contributed by atoms with Gasteiger partial charge in [0.1, 0.15) is 0 Å². The van der Waals surface area contributed by atoms with E-state index in [2.05, 4.69) is 0 Å². The average Bonchev–Trinajstić information content (AvgIpc) is 2.67. The second-order valence-corrected chi connectivity index (χ2v) is 6.43. The fraction of sp³-hybridized carbons (Fsp3) is 0.300. The number of carbonyl (C=O) groups is 2. The first-order chi connectivity index (χ1) is 12.1. The Morgan fingerprint density at radius 1 is 1.08 bits per heavy atom. The molecular formula is C20H24ClN3O2. The minimum atomic E-state index is -0.142. The van der Waals surface area contributed by atoms with Crippen LogP contribution in [0, 0.1) is 0 Å². The molecule has 1 aliphatic rings. The van der Waals surface area contributed by atoms with Crippen LogP contribution in [0.3, 0.4) is 0 Å². The first-order valence-electron chi connectivity index (χ1n) is 8.54. The van der Waals surface area contributed by atoms with Crippen molar-refractivity contribution >= 4 is 29.9 Å². The monoisotopic (exact) mass is 373 g/mol. The number of rotatable bonds is 3. The molecule has 0 aromatic heterocycles. The number of carbonyl (C=O) groups excluding carboxylic acids is 2. The van der Waals surface area contributed by atoms with Crippen molar-refractivity contribution in [3.8, 4) is 0 Å². The van der Waals surface area contributed by atoms with E-state index in [4.69, 9.17) is 5.73 Å².